The number of aryl methyl sites for hydroxylation is 3. The van der Waals surface area contributed by atoms with E-state index < -0.39 is 0 Å². The Labute approximate surface area is 147 Å². The maximum atomic E-state index is 13.0. The summed E-state index contributed by atoms with van der Waals surface area (Å²) >= 11 is 0. The summed E-state index contributed by atoms with van der Waals surface area (Å²) in [5, 5.41) is 5.30. The Morgan fingerprint density at radius 3 is 2.88 bits per heavy atom. The van der Waals surface area contributed by atoms with Crippen LogP contribution < -0.4 is 0 Å². The second kappa shape index (κ2) is 6.06. The van der Waals surface area contributed by atoms with Crippen LogP contribution in [0.4, 0.5) is 0 Å². The molecular weight excluding hydrogens is 314 g/mol. The lowest BCUT2D eigenvalue weighted by atomic mass is 10.0. The number of benzene rings is 1. The van der Waals surface area contributed by atoms with Crippen LogP contribution in [0.2, 0.25) is 0 Å². The summed E-state index contributed by atoms with van der Waals surface area (Å²) in [6.45, 7) is 4.98. The number of rotatable bonds is 3. The Kier molecular flexibility index (Phi) is 3.86. The van der Waals surface area contributed by atoms with E-state index in [4.69, 9.17) is 4.42 Å². The molecule has 1 unspecified atom stereocenters. The smallest absolute Gasteiger partial charge is 0.227 e. The van der Waals surface area contributed by atoms with Gasteiger partial charge in [-0.2, -0.15) is 5.10 Å². The van der Waals surface area contributed by atoms with Crippen molar-refractivity contribution in [3.8, 4) is 0 Å². The number of furan rings is 1. The SMILES string of the molecule is Cc1cc2occ(CC(=O)N3CCCC3c3cnn(C)c3)c2cc1C. The highest BCUT2D eigenvalue weighted by Crippen LogP contribution is 2.33. The molecule has 0 bridgehead atoms. The van der Waals surface area contributed by atoms with Gasteiger partial charge in [0.25, 0.3) is 0 Å². The molecule has 25 heavy (non-hydrogen) atoms. The third kappa shape index (κ3) is 2.84. The second-order valence-electron chi connectivity index (χ2n) is 7.06. The number of nitrogens with zero attached hydrogens (tertiary/aromatic N) is 3. The van der Waals surface area contributed by atoms with Crippen molar-refractivity contribution >= 4 is 16.9 Å². The molecule has 1 aliphatic rings. The molecule has 1 atom stereocenters. The molecule has 130 valence electrons. The van der Waals surface area contributed by atoms with E-state index in [-0.39, 0.29) is 11.9 Å². The predicted molar refractivity (Wildman–Crippen MR) is 96.3 cm³/mol. The van der Waals surface area contributed by atoms with Gasteiger partial charge in [0.15, 0.2) is 0 Å². The first kappa shape index (κ1) is 15.9. The van der Waals surface area contributed by atoms with Crippen LogP contribution >= 0.6 is 0 Å². The number of hydrogen-bond acceptors (Lipinski definition) is 3. The first-order chi connectivity index (χ1) is 12.0. The zero-order valence-corrected chi connectivity index (χ0v) is 15.0. The van der Waals surface area contributed by atoms with E-state index in [1.54, 1.807) is 10.9 Å². The van der Waals surface area contributed by atoms with Crippen LogP contribution in [0.25, 0.3) is 11.0 Å². The van der Waals surface area contributed by atoms with Crippen LogP contribution in [0, 0.1) is 13.8 Å². The number of fused-ring (bicyclic) bond motifs is 1. The van der Waals surface area contributed by atoms with E-state index in [0.29, 0.717) is 6.42 Å². The van der Waals surface area contributed by atoms with E-state index in [2.05, 4.69) is 25.0 Å². The summed E-state index contributed by atoms with van der Waals surface area (Å²) in [6.07, 6.45) is 8.03. The van der Waals surface area contributed by atoms with Gasteiger partial charge in [-0.05, 0) is 49.9 Å². The molecule has 2 aromatic heterocycles. The highest BCUT2D eigenvalue weighted by Gasteiger charge is 2.31. The van der Waals surface area contributed by atoms with Crippen LogP contribution in [0.15, 0.2) is 35.2 Å². The van der Waals surface area contributed by atoms with Crippen molar-refractivity contribution in [2.24, 2.45) is 7.05 Å². The highest BCUT2D eigenvalue weighted by atomic mass is 16.3. The van der Waals surface area contributed by atoms with Crippen molar-refractivity contribution in [3.63, 3.8) is 0 Å². The van der Waals surface area contributed by atoms with Gasteiger partial charge in [-0.25, -0.2) is 0 Å². The molecule has 0 saturated carbocycles. The molecule has 4 rings (SSSR count). The summed E-state index contributed by atoms with van der Waals surface area (Å²) in [5.74, 6) is 0.160. The largest absolute Gasteiger partial charge is 0.464 e. The van der Waals surface area contributed by atoms with E-state index in [1.807, 2.05) is 30.4 Å². The van der Waals surface area contributed by atoms with Gasteiger partial charge in [0, 0.05) is 36.3 Å². The van der Waals surface area contributed by atoms with E-state index in [1.165, 1.54) is 11.1 Å². The molecule has 1 aliphatic heterocycles. The zero-order valence-electron chi connectivity index (χ0n) is 15.0. The van der Waals surface area contributed by atoms with Crippen LogP contribution in [0.5, 0.6) is 0 Å². The van der Waals surface area contributed by atoms with Gasteiger partial charge in [0.05, 0.1) is 24.9 Å². The molecule has 0 aliphatic carbocycles. The van der Waals surface area contributed by atoms with E-state index in [9.17, 15) is 4.79 Å². The average Bonchev–Trinajstić information content (AvgIpc) is 3.29. The molecule has 1 aromatic carbocycles. The highest BCUT2D eigenvalue weighted by molar-refractivity contribution is 5.88. The number of hydrogen-bond donors (Lipinski definition) is 0. The molecule has 3 heterocycles. The average molecular weight is 337 g/mol. The number of likely N-dealkylation sites (tertiary alicyclic amines) is 1. The van der Waals surface area contributed by atoms with Crippen LogP contribution in [-0.2, 0) is 18.3 Å². The minimum absolute atomic E-state index is 0.142. The Hall–Kier alpha value is -2.56. The molecule has 5 nitrogen and oxygen atoms in total. The molecular formula is C20H23N3O2. The minimum atomic E-state index is 0.142. The van der Waals surface area contributed by atoms with Crippen molar-refractivity contribution < 1.29 is 9.21 Å². The molecule has 1 amide bonds. The molecule has 0 N–H and O–H groups in total. The third-order valence-electron chi connectivity index (χ3n) is 5.29. The number of carbonyl (C=O) groups excluding carboxylic acids is 1. The Balaban J connectivity index is 1.58. The van der Waals surface area contributed by atoms with Crippen LogP contribution in [-0.4, -0.2) is 27.1 Å². The summed E-state index contributed by atoms with van der Waals surface area (Å²) < 4.78 is 7.48. The van der Waals surface area contributed by atoms with Gasteiger partial charge in [-0.1, -0.05) is 0 Å². The van der Waals surface area contributed by atoms with Crippen molar-refractivity contribution in [2.45, 2.75) is 39.2 Å². The number of carbonyl (C=O) groups is 1. The third-order valence-corrected chi connectivity index (χ3v) is 5.29. The first-order valence-corrected chi connectivity index (χ1v) is 8.78. The van der Waals surface area contributed by atoms with Crippen LogP contribution in [0.3, 0.4) is 0 Å². The van der Waals surface area contributed by atoms with Gasteiger partial charge in [0.2, 0.25) is 5.91 Å². The fourth-order valence-electron chi connectivity index (χ4n) is 3.76. The maximum absolute atomic E-state index is 13.0. The van der Waals surface area contributed by atoms with Crippen molar-refractivity contribution in [1.29, 1.82) is 0 Å². The van der Waals surface area contributed by atoms with E-state index in [0.717, 1.165) is 41.5 Å². The van der Waals surface area contributed by atoms with Gasteiger partial charge in [0.1, 0.15) is 5.58 Å². The maximum Gasteiger partial charge on any atom is 0.227 e. The molecule has 0 radical (unpaired) electrons. The number of amides is 1. The fraction of sp³-hybridized carbons (Fsp3) is 0.400. The Bertz CT molecular complexity index is 938. The van der Waals surface area contributed by atoms with Gasteiger partial charge in [-0.3, -0.25) is 9.48 Å². The predicted octanol–water partition coefficient (Wildman–Crippen LogP) is 3.69. The van der Waals surface area contributed by atoms with Crippen molar-refractivity contribution in [3.05, 3.63) is 53.0 Å². The summed E-state index contributed by atoms with van der Waals surface area (Å²) in [6, 6.07) is 4.31. The molecule has 0 spiro atoms. The molecule has 1 fully saturated rings. The van der Waals surface area contributed by atoms with Crippen molar-refractivity contribution in [2.75, 3.05) is 6.54 Å². The monoisotopic (exact) mass is 337 g/mol. The lowest BCUT2D eigenvalue weighted by Crippen LogP contribution is -2.31. The van der Waals surface area contributed by atoms with Gasteiger partial charge >= 0.3 is 0 Å². The molecule has 1 saturated heterocycles. The number of aromatic nitrogens is 2. The molecule has 5 heteroatoms. The summed E-state index contributed by atoms with van der Waals surface area (Å²) in [7, 11) is 1.91. The van der Waals surface area contributed by atoms with Gasteiger partial charge < -0.3 is 9.32 Å². The van der Waals surface area contributed by atoms with Crippen LogP contribution in [0.1, 0.15) is 41.1 Å². The minimum Gasteiger partial charge on any atom is -0.464 e. The lowest BCUT2D eigenvalue weighted by Gasteiger charge is -2.23. The van der Waals surface area contributed by atoms with Crippen molar-refractivity contribution in [1.82, 2.24) is 14.7 Å². The van der Waals surface area contributed by atoms with Gasteiger partial charge in [-0.15, -0.1) is 0 Å². The topological polar surface area (TPSA) is 51.3 Å². The first-order valence-electron chi connectivity index (χ1n) is 8.78. The molecule has 3 aromatic rings. The quantitative estimate of drug-likeness (QED) is 0.732. The summed E-state index contributed by atoms with van der Waals surface area (Å²) in [4.78, 5) is 15.0. The summed E-state index contributed by atoms with van der Waals surface area (Å²) in [5.41, 5.74) is 5.38. The second-order valence-corrected chi connectivity index (χ2v) is 7.06. The Morgan fingerprint density at radius 2 is 2.12 bits per heavy atom. The standard InChI is InChI=1S/C20H23N3O2/c1-13-7-17-15(12-25-19(17)8-14(13)2)9-20(24)23-6-4-5-18(23)16-10-21-22(3)11-16/h7-8,10-12,18H,4-6,9H2,1-3H3. The lowest BCUT2D eigenvalue weighted by molar-refractivity contribution is -0.131. The normalized spacial score (nSPS) is 17.6. The Morgan fingerprint density at radius 1 is 1.32 bits per heavy atom. The fourth-order valence-corrected chi connectivity index (χ4v) is 3.76. The zero-order chi connectivity index (χ0) is 17.6. The van der Waals surface area contributed by atoms with E-state index >= 15 is 0 Å².